The number of benzene rings is 1. The molecule has 0 bridgehead atoms. The fourth-order valence-corrected chi connectivity index (χ4v) is 2.29. The Morgan fingerprint density at radius 1 is 1.33 bits per heavy atom. The number of nitrogens with one attached hydrogen (secondary N) is 1. The van der Waals surface area contributed by atoms with E-state index in [9.17, 15) is 0 Å². The number of nitrogens with zero attached hydrogens (tertiary/aromatic N) is 2. The van der Waals surface area contributed by atoms with Crippen LogP contribution in [0.1, 0.15) is 22.4 Å². The molecule has 0 amide bonds. The second kappa shape index (κ2) is 6.60. The largest absolute Gasteiger partial charge is 0.389 e. The molecular weight excluding hydrogens is 284 g/mol. The molecule has 1 aromatic heterocycles. The number of hydrogen-bond acceptors (Lipinski definition) is 5. The van der Waals surface area contributed by atoms with Gasteiger partial charge in [-0.1, -0.05) is 24.4 Å². The fraction of sp³-hybridized carbons (Fsp3) is 0.267. The van der Waals surface area contributed by atoms with Gasteiger partial charge < -0.3 is 15.8 Å². The lowest BCUT2D eigenvalue weighted by atomic mass is 10.1. The Labute approximate surface area is 129 Å². The van der Waals surface area contributed by atoms with Gasteiger partial charge in [0.1, 0.15) is 4.99 Å². The maximum atomic E-state index is 5.82. The standard InChI is InChI=1S/C15H18N4OS/c1-9-10(2)18-19-15(13(9)14(16)21)17-12-6-4-5-11(7-12)8-20-3/h4-7H,8H2,1-3H3,(H2,16,21)(H,17,19). The van der Waals surface area contributed by atoms with Crippen LogP contribution >= 0.6 is 12.2 Å². The van der Waals surface area contributed by atoms with Crippen molar-refractivity contribution in [2.24, 2.45) is 5.73 Å². The van der Waals surface area contributed by atoms with Gasteiger partial charge in [0.15, 0.2) is 5.82 Å². The van der Waals surface area contributed by atoms with E-state index in [-0.39, 0.29) is 0 Å². The molecule has 1 heterocycles. The van der Waals surface area contributed by atoms with Gasteiger partial charge in [0, 0.05) is 12.8 Å². The van der Waals surface area contributed by atoms with E-state index in [0.717, 1.165) is 28.1 Å². The zero-order valence-corrected chi connectivity index (χ0v) is 13.1. The van der Waals surface area contributed by atoms with E-state index in [1.165, 1.54) is 0 Å². The summed E-state index contributed by atoms with van der Waals surface area (Å²) in [5.74, 6) is 0.570. The molecule has 3 N–H and O–H groups in total. The zero-order valence-electron chi connectivity index (χ0n) is 12.3. The molecule has 0 spiro atoms. The molecule has 2 rings (SSSR count). The van der Waals surface area contributed by atoms with Gasteiger partial charge in [-0.25, -0.2) is 0 Å². The lowest BCUT2D eigenvalue weighted by molar-refractivity contribution is 0.185. The molecule has 0 atom stereocenters. The molecule has 0 aliphatic heterocycles. The molecule has 0 saturated heterocycles. The van der Waals surface area contributed by atoms with Crippen molar-refractivity contribution >= 4 is 28.7 Å². The highest BCUT2D eigenvalue weighted by molar-refractivity contribution is 7.80. The first-order chi connectivity index (χ1) is 10.0. The first-order valence-corrected chi connectivity index (χ1v) is 6.92. The summed E-state index contributed by atoms with van der Waals surface area (Å²) in [7, 11) is 1.67. The third kappa shape index (κ3) is 3.53. The number of anilines is 2. The maximum absolute atomic E-state index is 5.82. The SMILES string of the molecule is COCc1cccc(Nc2nnc(C)c(C)c2C(N)=S)c1. The van der Waals surface area contributed by atoms with Gasteiger partial charge in [0.25, 0.3) is 0 Å². The molecular formula is C15H18N4OS. The molecule has 0 fully saturated rings. The van der Waals surface area contributed by atoms with Crippen LogP contribution in [0, 0.1) is 13.8 Å². The van der Waals surface area contributed by atoms with Crippen molar-refractivity contribution in [3.8, 4) is 0 Å². The van der Waals surface area contributed by atoms with Gasteiger partial charge in [-0.2, -0.15) is 5.10 Å². The smallest absolute Gasteiger partial charge is 0.163 e. The molecule has 110 valence electrons. The molecule has 6 heteroatoms. The molecule has 5 nitrogen and oxygen atoms in total. The van der Waals surface area contributed by atoms with Crippen molar-refractivity contribution in [2.75, 3.05) is 12.4 Å². The molecule has 21 heavy (non-hydrogen) atoms. The molecule has 0 aliphatic carbocycles. The number of rotatable bonds is 5. The summed E-state index contributed by atoms with van der Waals surface area (Å²) in [5, 5.41) is 11.5. The number of aryl methyl sites for hydroxylation is 1. The highest BCUT2D eigenvalue weighted by atomic mass is 32.1. The van der Waals surface area contributed by atoms with Crippen molar-refractivity contribution in [3.63, 3.8) is 0 Å². The van der Waals surface area contributed by atoms with Crippen molar-refractivity contribution in [2.45, 2.75) is 20.5 Å². The van der Waals surface area contributed by atoms with E-state index < -0.39 is 0 Å². The van der Waals surface area contributed by atoms with E-state index in [1.54, 1.807) is 7.11 Å². The minimum Gasteiger partial charge on any atom is -0.389 e. The molecule has 0 saturated carbocycles. The van der Waals surface area contributed by atoms with Crippen molar-refractivity contribution in [1.29, 1.82) is 0 Å². The van der Waals surface area contributed by atoms with E-state index in [4.69, 9.17) is 22.7 Å². The van der Waals surface area contributed by atoms with Crippen LogP contribution in [0.2, 0.25) is 0 Å². The normalized spacial score (nSPS) is 10.4. The molecule has 0 aliphatic rings. The van der Waals surface area contributed by atoms with E-state index in [0.29, 0.717) is 17.4 Å². The second-order valence-corrected chi connectivity index (χ2v) is 5.20. The Bertz CT molecular complexity index is 673. The quantitative estimate of drug-likeness (QED) is 0.827. The number of thiocarbonyl (C=S) groups is 1. The summed E-state index contributed by atoms with van der Waals surface area (Å²) >= 11 is 5.13. The first kappa shape index (κ1) is 15.3. The predicted octanol–water partition coefficient (Wildman–Crippen LogP) is 2.62. The first-order valence-electron chi connectivity index (χ1n) is 6.51. The average Bonchev–Trinajstić information content (AvgIpc) is 2.43. The Morgan fingerprint density at radius 3 is 2.76 bits per heavy atom. The Balaban J connectivity index is 2.37. The summed E-state index contributed by atoms with van der Waals surface area (Å²) < 4.78 is 5.13. The highest BCUT2D eigenvalue weighted by Gasteiger charge is 2.13. The third-order valence-corrected chi connectivity index (χ3v) is 3.41. The summed E-state index contributed by atoms with van der Waals surface area (Å²) in [4.78, 5) is 0.307. The third-order valence-electron chi connectivity index (χ3n) is 3.20. The fourth-order valence-electron chi connectivity index (χ4n) is 2.04. The number of methoxy groups -OCH3 is 1. The number of hydrogen-bond donors (Lipinski definition) is 2. The van der Waals surface area contributed by atoms with Crippen LogP contribution < -0.4 is 11.1 Å². The molecule has 0 unspecified atom stereocenters. The van der Waals surface area contributed by atoms with Crippen molar-refractivity contribution < 1.29 is 4.74 Å². The minimum atomic E-state index is 0.307. The van der Waals surface area contributed by atoms with Gasteiger partial charge >= 0.3 is 0 Å². The van der Waals surface area contributed by atoms with Gasteiger partial charge in [-0.15, -0.1) is 5.10 Å². The number of aromatic nitrogens is 2. The Morgan fingerprint density at radius 2 is 2.10 bits per heavy atom. The van der Waals surface area contributed by atoms with Crippen LogP contribution in [0.5, 0.6) is 0 Å². The van der Waals surface area contributed by atoms with Crippen LogP contribution in [-0.4, -0.2) is 22.3 Å². The van der Waals surface area contributed by atoms with Crippen LogP contribution in [-0.2, 0) is 11.3 Å². The highest BCUT2D eigenvalue weighted by Crippen LogP contribution is 2.23. The monoisotopic (exact) mass is 302 g/mol. The van der Waals surface area contributed by atoms with Gasteiger partial charge in [-0.3, -0.25) is 0 Å². The summed E-state index contributed by atoms with van der Waals surface area (Å²) in [5.41, 5.74) is 10.3. The summed E-state index contributed by atoms with van der Waals surface area (Å²) in [6.45, 7) is 4.37. The topological polar surface area (TPSA) is 73.1 Å². The van der Waals surface area contributed by atoms with Gasteiger partial charge in [-0.05, 0) is 37.1 Å². The second-order valence-electron chi connectivity index (χ2n) is 4.76. The molecule has 2 aromatic rings. The number of ether oxygens (including phenoxy) is 1. The van der Waals surface area contributed by atoms with E-state index in [2.05, 4.69) is 15.5 Å². The minimum absolute atomic E-state index is 0.307. The van der Waals surface area contributed by atoms with E-state index in [1.807, 2.05) is 38.1 Å². The lowest BCUT2D eigenvalue weighted by Crippen LogP contribution is -2.16. The Kier molecular flexibility index (Phi) is 4.82. The van der Waals surface area contributed by atoms with Gasteiger partial charge in [0.2, 0.25) is 0 Å². The van der Waals surface area contributed by atoms with Gasteiger partial charge in [0.05, 0.1) is 17.9 Å². The average molecular weight is 302 g/mol. The van der Waals surface area contributed by atoms with Crippen LogP contribution in [0.4, 0.5) is 11.5 Å². The van der Waals surface area contributed by atoms with Crippen molar-refractivity contribution in [1.82, 2.24) is 10.2 Å². The van der Waals surface area contributed by atoms with Crippen LogP contribution in [0.15, 0.2) is 24.3 Å². The van der Waals surface area contributed by atoms with E-state index >= 15 is 0 Å². The molecule has 0 radical (unpaired) electrons. The van der Waals surface area contributed by atoms with Crippen LogP contribution in [0.3, 0.4) is 0 Å². The zero-order chi connectivity index (χ0) is 15.4. The summed E-state index contributed by atoms with van der Waals surface area (Å²) in [6.07, 6.45) is 0. The van der Waals surface area contributed by atoms with Crippen LogP contribution in [0.25, 0.3) is 0 Å². The Hall–Kier alpha value is -2.05. The summed E-state index contributed by atoms with van der Waals surface area (Å²) in [6, 6.07) is 7.88. The lowest BCUT2D eigenvalue weighted by Gasteiger charge is -2.13. The van der Waals surface area contributed by atoms with Crippen molar-refractivity contribution in [3.05, 3.63) is 46.6 Å². The molecule has 1 aromatic carbocycles. The predicted molar refractivity (Wildman–Crippen MR) is 87.8 cm³/mol. The maximum Gasteiger partial charge on any atom is 0.163 e. The number of nitrogens with two attached hydrogens (primary N) is 1.